The highest BCUT2D eigenvalue weighted by Crippen LogP contribution is 2.52. The Labute approximate surface area is 223 Å². The number of para-hydroxylation sites is 1. The fourth-order valence-electron chi connectivity index (χ4n) is 5.92. The lowest BCUT2D eigenvalue weighted by molar-refractivity contribution is -0.182. The third-order valence-corrected chi connectivity index (χ3v) is 9.44. The minimum Gasteiger partial charge on any atom is -0.363 e. The van der Waals surface area contributed by atoms with Gasteiger partial charge in [0.25, 0.3) is 5.92 Å². The molecular formula is C27H30ClF3N4OS. The third kappa shape index (κ3) is 4.74. The van der Waals surface area contributed by atoms with Crippen molar-refractivity contribution in [1.29, 1.82) is 0 Å². The van der Waals surface area contributed by atoms with Crippen molar-refractivity contribution in [3.05, 3.63) is 67.9 Å². The minimum absolute atomic E-state index is 0.0222. The summed E-state index contributed by atoms with van der Waals surface area (Å²) in [6, 6.07) is 6.63. The van der Waals surface area contributed by atoms with E-state index in [9.17, 15) is 8.78 Å². The zero-order valence-corrected chi connectivity index (χ0v) is 22.4. The molecule has 0 unspecified atom stereocenters. The summed E-state index contributed by atoms with van der Waals surface area (Å²) >= 11 is 7.35. The fourth-order valence-corrected chi connectivity index (χ4v) is 7.40. The van der Waals surface area contributed by atoms with E-state index >= 15 is 4.39 Å². The van der Waals surface area contributed by atoms with Crippen LogP contribution < -0.4 is 0 Å². The Bertz CT molecular complexity index is 1290. The van der Waals surface area contributed by atoms with Crippen molar-refractivity contribution in [2.45, 2.75) is 57.2 Å². The highest BCUT2D eigenvalue weighted by atomic mass is 35.5. The summed E-state index contributed by atoms with van der Waals surface area (Å²) in [7, 11) is 0. The molecule has 0 radical (unpaired) electrons. The number of fused-ring (bicyclic) bond motifs is 2. The van der Waals surface area contributed by atoms with Crippen molar-refractivity contribution >= 4 is 22.9 Å². The van der Waals surface area contributed by atoms with Crippen LogP contribution in [-0.4, -0.2) is 52.4 Å². The van der Waals surface area contributed by atoms with Gasteiger partial charge in [-0.1, -0.05) is 23.7 Å². The number of alkyl halides is 2. The molecule has 6 rings (SSSR count). The summed E-state index contributed by atoms with van der Waals surface area (Å²) in [5.41, 5.74) is 2.66. The number of rotatable bonds is 5. The Kier molecular flexibility index (Phi) is 6.64. The van der Waals surface area contributed by atoms with Crippen molar-refractivity contribution in [3.63, 3.8) is 0 Å². The number of likely N-dealkylation sites (tertiary alicyclic amines) is 2. The molecule has 3 aromatic rings. The average Bonchev–Trinajstić information content (AvgIpc) is 3.60. The number of aryl methyl sites for hydroxylation is 1. The van der Waals surface area contributed by atoms with Crippen molar-refractivity contribution in [3.8, 4) is 5.69 Å². The van der Waals surface area contributed by atoms with Gasteiger partial charge in [0, 0.05) is 48.4 Å². The molecule has 5 heterocycles. The van der Waals surface area contributed by atoms with Crippen molar-refractivity contribution in [2.75, 3.05) is 32.8 Å². The molecule has 0 atom stereocenters. The summed E-state index contributed by atoms with van der Waals surface area (Å²) in [6.45, 7) is 6.18. The van der Waals surface area contributed by atoms with Crippen LogP contribution in [0.25, 0.3) is 5.69 Å². The van der Waals surface area contributed by atoms with Gasteiger partial charge < -0.3 is 4.74 Å². The molecule has 0 N–H and O–H groups in total. The van der Waals surface area contributed by atoms with Crippen LogP contribution in [0, 0.1) is 12.7 Å². The van der Waals surface area contributed by atoms with Gasteiger partial charge in [-0.05, 0) is 63.4 Å². The molecule has 0 aliphatic carbocycles. The Hall–Kier alpha value is -1.91. The van der Waals surface area contributed by atoms with E-state index < -0.39 is 18.1 Å². The monoisotopic (exact) mass is 550 g/mol. The predicted molar refractivity (Wildman–Crippen MR) is 138 cm³/mol. The molecule has 0 bridgehead atoms. The first kappa shape index (κ1) is 25.4. The Morgan fingerprint density at radius 3 is 2.51 bits per heavy atom. The van der Waals surface area contributed by atoms with E-state index in [0.717, 1.165) is 29.9 Å². The normalized spacial score (nSPS) is 21.5. The quantitative estimate of drug-likeness (QED) is 0.376. The second-order valence-electron chi connectivity index (χ2n) is 10.5. The lowest BCUT2D eigenvalue weighted by Crippen LogP contribution is -2.48. The topological polar surface area (TPSA) is 33.5 Å². The summed E-state index contributed by atoms with van der Waals surface area (Å²) in [5.74, 6) is -3.28. The zero-order valence-electron chi connectivity index (χ0n) is 20.8. The number of nitrogens with zero attached hydrogens (tertiary/aromatic N) is 4. The molecule has 3 aliphatic heterocycles. The first-order valence-corrected chi connectivity index (χ1v) is 14.0. The number of benzene rings is 1. The lowest BCUT2D eigenvalue weighted by Gasteiger charge is -2.45. The second kappa shape index (κ2) is 9.68. The number of aromatic nitrogens is 2. The first-order valence-electron chi connectivity index (χ1n) is 12.8. The maximum absolute atomic E-state index is 15.0. The van der Waals surface area contributed by atoms with E-state index in [-0.39, 0.29) is 11.4 Å². The van der Waals surface area contributed by atoms with Crippen molar-refractivity contribution < 1.29 is 17.9 Å². The number of ether oxygens (including phenoxy) is 1. The Morgan fingerprint density at radius 2 is 1.76 bits per heavy atom. The van der Waals surface area contributed by atoms with Crippen LogP contribution in [0.4, 0.5) is 13.2 Å². The van der Waals surface area contributed by atoms with Gasteiger partial charge in [-0.3, -0.25) is 9.80 Å². The van der Waals surface area contributed by atoms with Crippen molar-refractivity contribution in [1.82, 2.24) is 19.6 Å². The molecule has 1 spiro atoms. The van der Waals surface area contributed by atoms with Gasteiger partial charge in [0.2, 0.25) is 0 Å². The lowest BCUT2D eigenvalue weighted by atomic mass is 9.84. The summed E-state index contributed by atoms with van der Waals surface area (Å²) < 4.78 is 51.8. The zero-order chi connectivity index (χ0) is 25.8. The molecule has 0 saturated carbocycles. The van der Waals surface area contributed by atoms with Crippen LogP contribution in [-0.2, 0) is 29.3 Å². The molecule has 5 nitrogen and oxygen atoms in total. The fraction of sp³-hybridized carbons (Fsp3) is 0.519. The van der Waals surface area contributed by atoms with Gasteiger partial charge in [0.15, 0.2) is 0 Å². The average molecular weight is 551 g/mol. The van der Waals surface area contributed by atoms with E-state index in [1.54, 1.807) is 10.7 Å². The van der Waals surface area contributed by atoms with Crippen LogP contribution in [0.2, 0.25) is 4.34 Å². The SMILES string of the molecule is Cc1nn(-c2c(F)cccc2CN2CCCC2)cc1CN1CCC2(CC1)OCC(F)(F)c1cc(Cl)sc12. The summed E-state index contributed by atoms with van der Waals surface area (Å²) in [4.78, 5) is 5.22. The molecule has 2 saturated heterocycles. The van der Waals surface area contributed by atoms with Gasteiger partial charge in [-0.2, -0.15) is 13.9 Å². The maximum atomic E-state index is 15.0. The van der Waals surface area contributed by atoms with Crippen molar-refractivity contribution in [2.24, 2.45) is 0 Å². The highest BCUT2D eigenvalue weighted by Gasteiger charge is 2.51. The molecule has 1 aromatic carbocycles. The largest absolute Gasteiger partial charge is 0.363 e. The molecular weight excluding hydrogens is 521 g/mol. The number of halogens is 4. The van der Waals surface area contributed by atoms with Crippen LogP contribution >= 0.6 is 22.9 Å². The van der Waals surface area contributed by atoms with E-state index in [4.69, 9.17) is 16.3 Å². The molecule has 2 fully saturated rings. The molecule has 0 amide bonds. The molecule has 10 heteroatoms. The van der Waals surface area contributed by atoms with Crippen LogP contribution in [0.3, 0.4) is 0 Å². The van der Waals surface area contributed by atoms with Crippen LogP contribution in [0.15, 0.2) is 30.5 Å². The predicted octanol–water partition coefficient (Wildman–Crippen LogP) is 6.24. The van der Waals surface area contributed by atoms with Gasteiger partial charge >= 0.3 is 0 Å². The Balaban J connectivity index is 1.18. The van der Waals surface area contributed by atoms with E-state index in [1.165, 1.54) is 36.3 Å². The summed E-state index contributed by atoms with van der Waals surface area (Å²) in [6.07, 6.45) is 5.53. The number of thiophene rings is 1. The minimum atomic E-state index is -3.01. The molecule has 2 aromatic heterocycles. The van der Waals surface area contributed by atoms with E-state index in [1.807, 2.05) is 19.2 Å². The number of hydrogen-bond donors (Lipinski definition) is 0. The van der Waals surface area contributed by atoms with E-state index in [0.29, 0.717) is 53.9 Å². The Morgan fingerprint density at radius 1 is 1.05 bits per heavy atom. The standard InChI is InChI=1S/C27H30ClF3N4OS/c1-18-20(16-35(32-18)24-19(5-4-6-22(24)29)14-33-9-2-3-10-33)15-34-11-7-26(8-12-34)25-21(13-23(28)37-25)27(30,31)17-36-26/h4-6,13,16H,2-3,7-12,14-15,17H2,1H3. The van der Waals surface area contributed by atoms with Crippen LogP contribution in [0.1, 0.15) is 52.9 Å². The molecule has 3 aliphatic rings. The van der Waals surface area contributed by atoms with E-state index in [2.05, 4.69) is 14.9 Å². The third-order valence-electron chi connectivity index (χ3n) is 7.99. The number of hydrogen-bond acceptors (Lipinski definition) is 5. The summed E-state index contributed by atoms with van der Waals surface area (Å²) in [5, 5.41) is 4.68. The van der Waals surface area contributed by atoms with Gasteiger partial charge in [-0.25, -0.2) is 9.07 Å². The van der Waals surface area contributed by atoms with Gasteiger partial charge in [0.05, 0.1) is 10.0 Å². The number of piperidine rings is 1. The molecule has 37 heavy (non-hydrogen) atoms. The maximum Gasteiger partial charge on any atom is 0.297 e. The van der Waals surface area contributed by atoms with Gasteiger partial charge in [-0.15, -0.1) is 11.3 Å². The molecule has 198 valence electrons. The van der Waals surface area contributed by atoms with Gasteiger partial charge in [0.1, 0.15) is 23.7 Å². The second-order valence-corrected chi connectivity index (χ2v) is 12.2. The first-order chi connectivity index (χ1) is 17.7. The smallest absolute Gasteiger partial charge is 0.297 e. The van der Waals surface area contributed by atoms with Crippen LogP contribution in [0.5, 0.6) is 0 Å². The highest BCUT2D eigenvalue weighted by molar-refractivity contribution is 7.16.